The van der Waals surface area contributed by atoms with Gasteiger partial charge in [-0.05, 0) is 16.4 Å². The van der Waals surface area contributed by atoms with Crippen molar-refractivity contribution in [3.8, 4) is 11.3 Å². The van der Waals surface area contributed by atoms with Crippen LogP contribution in [0.4, 0.5) is 5.82 Å². The molecule has 84 valence electrons. The summed E-state index contributed by atoms with van der Waals surface area (Å²) in [5.41, 5.74) is 1.30. The van der Waals surface area contributed by atoms with Crippen molar-refractivity contribution >= 4 is 11.7 Å². The largest absolute Gasteiger partial charge is 1.00 e. The molecule has 0 fully saturated rings. The van der Waals surface area contributed by atoms with Crippen molar-refractivity contribution < 1.29 is 38.4 Å². The van der Waals surface area contributed by atoms with E-state index in [4.69, 9.17) is 0 Å². The number of carbonyl (C=O) groups excluding carboxylic acids is 1. The lowest BCUT2D eigenvalue weighted by Crippen LogP contribution is -3.00. The summed E-state index contributed by atoms with van der Waals surface area (Å²) in [5.74, 6) is 0.106. The fraction of sp³-hybridized carbons (Fsp3) is 0.111. The van der Waals surface area contributed by atoms with E-state index in [9.17, 15) is 4.79 Å². The molecular formula is C9H9IN4O2. The summed E-state index contributed by atoms with van der Waals surface area (Å²) in [6.07, 6.45) is 3.51. The number of H-pyrrole nitrogens is 1. The molecule has 0 saturated carbocycles. The van der Waals surface area contributed by atoms with Crippen molar-refractivity contribution in [2.24, 2.45) is 0 Å². The van der Waals surface area contributed by atoms with E-state index in [1.54, 1.807) is 12.4 Å². The molecule has 0 aliphatic heterocycles. The van der Waals surface area contributed by atoms with Crippen LogP contribution in [0.25, 0.3) is 11.3 Å². The Hall–Kier alpha value is -1.51. The first-order valence-electron chi connectivity index (χ1n) is 4.34. The number of amides is 1. The lowest BCUT2D eigenvalue weighted by molar-refractivity contribution is -0.377. The summed E-state index contributed by atoms with van der Waals surface area (Å²) in [7, 11) is 0. The van der Waals surface area contributed by atoms with Gasteiger partial charge in [0.15, 0.2) is 18.1 Å². The Morgan fingerprint density at radius 1 is 1.50 bits per heavy atom. The molecule has 0 radical (unpaired) electrons. The van der Waals surface area contributed by atoms with Crippen LogP contribution < -0.4 is 34.3 Å². The van der Waals surface area contributed by atoms with Crippen LogP contribution >= 0.6 is 0 Å². The minimum absolute atomic E-state index is 0. The van der Waals surface area contributed by atoms with Gasteiger partial charge in [-0.3, -0.25) is 4.79 Å². The summed E-state index contributed by atoms with van der Waals surface area (Å²) in [5, 5.41) is 9.85. The molecule has 6 nitrogen and oxygen atoms in total. The number of hydrogen-bond acceptors (Lipinski definition) is 4. The minimum Gasteiger partial charge on any atom is -1.00 e. The zero-order chi connectivity index (χ0) is 10.7. The van der Waals surface area contributed by atoms with Gasteiger partial charge >= 0.3 is 0 Å². The first-order valence-corrected chi connectivity index (χ1v) is 4.34. The maximum absolute atomic E-state index is 10.9. The van der Waals surface area contributed by atoms with Gasteiger partial charge in [0, 0.05) is 13.0 Å². The van der Waals surface area contributed by atoms with Crippen LogP contribution in [0.15, 0.2) is 29.2 Å². The molecule has 0 aromatic carbocycles. The number of anilines is 1. The first-order chi connectivity index (χ1) is 7.27. The Labute approximate surface area is 108 Å². The monoisotopic (exact) mass is 332 g/mol. The van der Waals surface area contributed by atoms with Crippen molar-refractivity contribution in [3.05, 3.63) is 24.5 Å². The van der Waals surface area contributed by atoms with Crippen LogP contribution in [0.5, 0.6) is 0 Å². The molecule has 0 unspecified atom stereocenters. The minimum atomic E-state index is -0.216. The second-order valence-corrected chi connectivity index (χ2v) is 2.93. The third-order valence-electron chi connectivity index (χ3n) is 1.76. The van der Waals surface area contributed by atoms with Gasteiger partial charge in [-0.2, -0.15) is 0 Å². The number of aromatic nitrogens is 3. The van der Waals surface area contributed by atoms with Gasteiger partial charge in [0.1, 0.15) is 0 Å². The number of carbonyl (C=O) groups is 1. The molecule has 2 aromatic heterocycles. The van der Waals surface area contributed by atoms with Crippen LogP contribution in [-0.2, 0) is 4.79 Å². The van der Waals surface area contributed by atoms with Crippen LogP contribution in [0, 0.1) is 0 Å². The van der Waals surface area contributed by atoms with Crippen molar-refractivity contribution in [1.82, 2.24) is 10.3 Å². The number of pyridine rings is 1. The van der Waals surface area contributed by atoms with Crippen molar-refractivity contribution in [1.29, 1.82) is 0 Å². The third kappa shape index (κ3) is 2.75. The Morgan fingerprint density at radius 2 is 2.31 bits per heavy atom. The topological polar surface area (TPSA) is 82.2 Å². The Balaban J connectivity index is 0.00000128. The van der Waals surface area contributed by atoms with E-state index in [1.807, 2.05) is 12.1 Å². The fourth-order valence-electron chi connectivity index (χ4n) is 1.17. The van der Waals surface area contributed by atoms with E-state index in [0.717, 1.165) is 5.56 Å². The summed E-state index contributed by atoms with van der Waals surface area (Å²) in [6.45, 7) is 1.40. The zero-order valence-corrected chi connectivity index (χ0v) is 10.6. The van der Waals surface area contributed by atoms with Gasteiger partial charge in [-0.25, -0.2) is 9.61 Å². The van der Waals surface area contributed by atoms with Gasteiger partial charge in [0.25, 0.3) is 0 Å². The third-order valence-corrected chi connectivity index (χ3v) is 1.76. The van der Waals surface area contributed by atoms with E-state index in [0.29, 0.717) is 11.5 Å². The first kappa shape index (κ1) is 12.6. The van der Waals surface area contributed by atoms with Gasteiger partial charge in [-0.15, -0.1) is 0 Å². The molecule has 7 heteroatoms. The Bertz CT molecular complexity index is 471. The van der Waals surface area contributed by atoms with Crippen molar-refractivity contribution in [2.75, 3.05) is 5.32 Å². The number of nitrogens with zero attached hydrogens (tertiary/aromatic N) is 2. The van der Waals surface area contributed by atoms with Crippen molar-refractivity contribution in [3.63, 3.8) is 0 Å². The molecule has 0 aliphatic rings. The molecule has 2 N–H and O–H groups in total. The number of rotatable bonds is 2. The average Bonchev–Trinajstić information content (AvgIpc) is 2.66. The maximum Gasteiger partial charge on any atom is 0.222 e. The Kier molecular flexibility index (Phi) is 4.35. The summed E-state index contributed by atoms with van der Waals surface area (Å²) >= 11 is 0. The molecule has 0 aliphatic carbocycles. The number of aromatic amines is 1. The van der Waals surface area contributed by atoms with Crippen LogP contribution in [0.2, 0.25) is 0 Å². The van der Waals surface area contributed by atoms with E-state index in [2.05, 4.69) is 25.2 Å². The predicted molar refractivity (Wildman–Crippen MR) is 50.6 cm³/mol. The van der Waals surface area contributed by atoms with Crippen LogP contribution in [0.3, 0.4) is 0 Å². The van der Waals surface area contributed by atoms with E-state index < -0.39 is 0 Å². The molecular weight excluding hydrogens is 323 g/mol. The molecule has 1 amide bonds. The van der Waals surface area contributed by atoms with Gasteiger partial charge in [-0.1, -0.05) is 0 Å². The summed E-state index contributed by atoms with van der Waals surface area (Å²) in [4.78, 5) is 13.8. The molecule has 0 bridgehead atoms. The summed E-state index contributed by atoms with van der Waals surface area (Å²) < 4.78 is 4.57. The standard InChI is InChI=1S/C9H8N4O2.HI/c1-6(14)11-9-8(12-15-13-9)7-3-2-4-10-5-7;/h2-5H,1H3,(H,11,13,14);1H. The van der Waals surface area contributed by atoms with Gasteiger partial charge in [0.05, 0.1) is 5.56 Å². The lowest BCUT2D eigenvalue weighted by atomic mass is 10.2. The smallest absolute Gasteiger partial charge is 0.222 e. The highest BCUT2D eigenvalue weighted by atomic mass is 127. The highest BCUT2D eigenvalue weighted by Gasteiger charge is 2.14. The molecule has 16 heavy (non-hydrogen) atoms. The molecule has 0 saturated heterocycles. The predicted octanol–water partition coefficient (Wildman–Crippen LogP) is -2.49. The molecule has 2 heterocycles. The van der Waals surface area contributed by atoms with E-state index >= 15 is 0 Å². The fourth-order valence-corrected chi connectivity index (χ4v) is 1.17. The lowest BCUT2D eigenvalue weighted by Gasteiger charge is -1.96. The quantitative estimate of drug-likeness (QED) is 0.617. The highest BCUT2D eigenvalue weighted by Crippen LogP contribution is 2.22. The average molecular weight is 332 g/mol. The van der Waals surface area contributed by atoms with E-state index in [-0.39, 0.29) is 29.9 Å². The Morgan fingerprint density at radius 3 is 2.94 bits per heavy atom. The van der Waals surface area contributed by atoms with E-state index in [1.165, 1.54) is 6.92 Å². The summed E-state index contributed by atoms with van der Waals surface area (Å²) in [6, 6.07) is 3.66. The number of halogens is 1. The maximum atomic E-state index is 10.9. The van der Waals surface area contributed by atoms with Gasteiger partial charge in [0.2, 0.25) is 11.7 Å². The SMILES string of the molecule is CC(=O)Nc1nonc1-c1ccc[nH+]c1.[I-]. The number of nitrogens with one attached hydrogen (secondary N) is 2. The molecule has 2 aromatic rings. The zero-order valence-electron chi connectivity index (χ0n) is 8.40. The van der Waals surface area contributed by atoms with Crippen molar-refractivity contribution in [2.45, 2.75) is 6.92 Å². The highest BCUT2D eigenvalue weighted by molar-refractivity contribution is 5.91. The molecule has 2 rings (SSSR count). The molecule has 0 atom stereocenters. The van der Waals surface area contributed by atoms with Crippen LogP contribution in [-0.4, -0.2) is 16.2 Å². The normalized spacial score (nSPS) is 9.31. The second kappa shape index (κ2) is 5.54. The number of hydrogen-bond donors (Lipinski definition) is 1. The molecule has 0 spiro atoms. The van der Waals surface area contributed by atoms with Gasteiger partial charge < -0.3 is 29.3 Å². The van der Waals surface area contributed by atoms with Crippen LogP contribution in [0.1, 0.15) is 6.92 Å². The second-order valence-electron chi connectivity index (χ2n) is 2.93.